The number of ether oxygens (including phenoxy) is 1. The van der Waals surface area contributed by atoms with Crippen LogP contribution in [0.25, 0.3) is 0 Å². The summed E-state index contributed by atoms with van der Waals surface area (Å²) in [4.78, 5) is 28.9. The molecule has 0 aromatic heterocycles. The van der Waals surface area contributed by atoms with Crippen LogP contribution >= 0.6 is 0 Å². The Kier molecular flexibility index (Phi) is 19.3. The lowest BCUT2D eigenvalue weighted by molar-refractivity contribution is -0.136. The van der Waals surface area contributed by atoms with Gasteiger partial charge in [-0.25, -0.2) is 9.59 Å². The Hall–Kier alpha value is -2.63. The van der Waals surface area contributed by atoms with Gasteiger partial charge < -0.3 is 15.6 Å². The number of carbonyl (C=O) groups excluding carboxylic acids is 2. The summed E-state index contributed by atoms with van der Waals surface area (Å²) in [5.74, 6) is -1.88. The van der Waals surface area contributed by atoms with E-state index in [0.29, 0.717) is 0 Å². The number of carboxylic acid groups (broad SMARTS) is 1. The summed E-state index contributed by atoms with van der Waals surface area (Å²) in [6.45, 7) is 12.9. The van der Waals surface area contributed by atoms with Crippen LogP contribution in [0.15, 0.2) is 50.6 Å². The standard InChI is InChI=1S/C6H8O2.C3H5NO.C3H4O2/c1-3-5-8-6(7)4-2;2*1-2-3(4)5/h3-4H,1-2,5H2;2H,1H2,(H2,4,5);2H,1H2,(H,4,5). The monoisotopic (exact) mass is 255 g/mol. The van der Waals surface area contributed by atoms with Crippen LogP contribution in [0.3, 0.4) is 0 Å². The van der Waals surface area contributed by atoms with Gasteiger partial charge in [0.05, 0.1) is 0 Å². The van der Waals surface area contributed by atoms with Crippen molar-refractivity contribution in [2.75, 3.05) is 6.61 Å². The van der Waals surface area contributed by atoms with Crippen molar-refractivity contribution < 1.29 is 24.2 Å². The van der Waals surface area contributed by atoms with Crippen LogP contribution < -0.4 is 5.73 Å². The fourth-order valence-electron chi connectivity index (χ4n) is 0.200. The minimum Gasteiger partial charge on any atom is -0.478 e. The smallest absolute Gasteiger partial charge is 0.330 e. The molecule has 1 amide bonds. The summed E-state index contributed by atoms with van der Waals surface area (Å²) in [5.41, 5.74) is 4.53. The first-order valence-corrected chi connectivity index (χ1v) is 4.52. The highest BCUT2D eigenvalue weighted by Crippen LogP contribution is 1.77. The zero-order chi connectivity index (χ0) is 15.0. The van der Waals surface area contributed by atoms with Gasteiger partial charge in [-0.15, -0.1) is 0 Å². The van der Waals surface area contributed by atoms with Crippen molar-refractivity contribution in [2.45, 2.75) is 0 Å². The molecule has 0 aromatic carbocycles. The lowest BCUT2D eigenvalue weighted by Gasteiger charge is -1.92. The minimum atomic E-state index is -0.981. The van der Waals surface area contributed by atoms with Crippen molar-refractivity contribution >= 4 is 17.8 Å². The van der Waals surface area contributed by atoms with Crippen molar-refractivity contribution in [3.05, 3.63) is 50.6 Å². The number of esters is 1. The van der Waals surface area contributed by atoms with Crippen LogP contribution in [0.2, 0.25) is 0 Å². The summed E-state index contributed by atoms with van der Waals surface area (Å²) in [6.07, 6.45) is 4.50. The van der Waals surface area contributed by atoms with Crippen LogP contribution in [0.1, 0.15) is 0 Å². The molecule has 3 N–H and O–H groups in total. The van der Waals surface area contributed by atoms with Gasteiger partial charge in [0.25, 0.3) is 0 Å². The van der Waals surface area contributed by atoms with Crippen LogP contribution in [-0.2, 0) is 19.1 Å². The number of primary amides is 1. The van der Waals surface area contributed by atoms with E-state index >= 15 is 0 Å². The third-order valence-electron chi connectivity index (χ3n) is 0.886. The zero-order valence-corrected chi connectivity index (χ0v) is 10.0. The molecule has 18 heavy (non-hydrogen) atoms. The second-order valence-corrected chi connectivity index (χ2v) is 2.27. The number of aliphatic carboxylic acids is 1. The molecule has 0 aliphatic heterocycles. The normalized spacial score (nSPS) is 6.89. The fraction of sp³-hybridized carbons (Fsp3) is 0.0833. The van der Waals surface area contributed by atoms with Crippen molar-refractivity contribution in [3.8, 4) is 0 Å². The maximum atomic E-state index is 10.2. The average molecular weight is 255 g/mol. The predicted molar refractivity (Wildman–Crippen MR) is 68.6 cm³/mol. The lowest BCUT2D eigenvalue weighted by Crippen LogP contribution is -2.04. The molecule has 0 rings (SSSR count). The van der Waals surface area contributed by atoms with E-state index in [-0.39, 0.29) is 6.61 Å². The molecule has 0 bridgehead atoms. The van der Waals surface area contributed by atoms with Crippen LogP contribution in [0.5, 0.6) is 0 Å². The summed E-state index contributed by atoms with van der Waals surface area (Å²) >= 11 is 0. The molecule has 0 fully saturated rings. The number of hydrogen-bond acceptors (Lipinski definition) is 4. The number of amides is 1. The first kappa shape index (κ1) is 20.7. The third kappa shape index (κ3) is 37.7. The fourth-order valence-corrected chi connectivity index (χ4v) is 0.200. The highest BCUT2D eigenvalue weighted by atomic mass is 16.5. The van der Waals surface area contributed by atoms with Crippen LogP contribution in [0.4, 0.5) is 0 Å². The molecule has 0 unspecified atom stereocenters. The van der Waals surface area contributed by atoms with Crippen molar-refractivity contribution in [1.82, 2.24) is 0 Å². The van der Waals surface area contributed by atoms with Gasteiger partial charge in [0.2, 0.25) is 5.91 Å². The Balaban J connectivity index is -0.000000197. The van der Waals surface area contributed by atoms with E-state index in [9.17, 15) is 14.4 Å². The highest BCUT2D eigenvalue weighted by molar-refractivity contribution is 5.85. The van der Waals surface area contributed by atoms with Gasteiger partial charge in [-0.1, -0.05) is 32.4 Å². The van der Waals surface area contributed by atoms with Crippen LogP contribution in [0, 0.1) is 0 Å². The maximum absolute atomic E-state index is 10.2. The molecule has 6 heteroatoms. The van der Waals surface area contributed by atoms with E-state index in [1.807, 2.05) is 0 Å². The number of carboxylic acids is 1. The molecule has 0 heterocycles. The average Bonchev–Trinajstić information content (AvgIpc) is 2.37. The molecule has 0 aromatic rings. The van der Waals surface area contributed by atoms with Crippen LogP contribution in [-0.4, -0.2) is 29.6 Å². The van der Waals surface area contributed by atoms with Gasteiger partial charge in [-0.3, -0.25) is 4.79 Å². The van der Waals surface area contributed by atoms with E-state index in [1.165, 1.54) is 6.08 Å². The molecule has 100 valence electrons. The van der Waals surface area contributed by atoms with Gasteiger partial charge in [0.15, 0.2) is 0 Å². The Bertz CT molecular complexity index is 302. The molecule has 0 atom stereocenters. The number of hydrogen-bond donors (Lipinski definition) is 2. The van der Waals surface area contributed by atoms with Gasteiger partial charge >= 0.3 is 11.9 Å². The minimum absolute atomic E-state index is 0.255. The third-order valence-corrected chi connectivity index (χ3v) is 0.886. The van der Waals surface area contributed by atoms with Gasteiger partial charge in [-0.2, -0.15) is 0 Å². The van der Waals surface area contributed by atoms with Crippen molar-refractivity contribution in [3.63, 3.8) is 0 Å². The van der Waals surface area contributed by atoms with Crippen molar-refractivity contribution in [2.24, 2.45) is 5.73 Å². The number of carbonyl (C=O) groups is 3. The van der Waals surface area contributed by atoms with E-state index in [1.54, 1.807) is 0 Å². The molecule has 0 saturated carbocycles. The quantitative estimate of drug-likeness (QED) is 0.429. The summed E-state index contributed by atoms with van der Waals surface area (Å²) in [6, 6.07) is 0. The lowest BCUT2D eigenvalue weighted by atomic mass is 10.6. The predicted octanol–water partition coefficient (Wildman–Crippen LogP) is 0.816. The molecule has 0 radical (unpaired) electrons. The Morgan fingerprint density at radius 2 is 1.44 bits per heavy atom. The zero-order valence-electron chi connectivity index (χ0n) is 10.0. The van der Waals surface area contributed by atoms with E-state index in [4.69, 9.17) is 5.11 Å². The molecule has 0 aliphatic carbocycles. The Morgan fingerprint density at radius 1 is 1.06 bits per heavy atom. The topological polar surface area (TPSA) is 107 Å². The SMILES string of the molecule is C=CC(=O)O.C=CC(N)=O.C=CCOC(=O)C=C. The highest BCUT2D eigenvalue weighted by Gasteiger charge is 1.87. The maximum Gasteiger partial charge on any atom is 0.330 e. The molecular weight excluding hydrogens is 238 g/mol. The molecule has 6 nitrogen and oxygen atoms in total. The molecule has 0 aliphatic rings. The summed E-state index contributed by atoms with van der Waals surface area (Å²) in [7, 11) is 0. The number of rotatable bonds is 5. The Morgan fingerprint density at radius 3 is 1.61 bits per heavy atom. The van der Waals surface area contributed by atoms with Gasteiger partial charge in [-0.05, 0) is 6.08 Å². The van der Waals surface area contributed by atoms with E-state index < -0.39 is 17.8 Å². The number of nitrogens with two attached hydrogens (primary N) is 1. The van der Waals surface area contributed by atoms with E-state index in [2.05, 4.69) is 36.8 Å². The summed E-state index contributed by atoms with van der Waals surface area (Å²) < 4.78 is 4.47. The summed E-state index contributed by atoms with van der Waals surface area (Å²) in [5, 5.41) is 7.60. The van der Waals surface area contributed by atoms with Crippen molar-refractivity contribution in [1.29, 1.82) is 0 Å². The Labute approximate surface area is 106 Å². The second kappa shape index (κ2) is 16.8. The first-order valence-electron chi connectivity index (χ1n) is 4.52. The van der Waals surface area contributed by atoms with Gasteiger partial charge in [0.1, 0.15) is 6.61 Å². The largest absolute Gasteiger partial charge is 0.478 e. The molecular formula is C12H17NO5. The first-order chi connectivity index (χ1) is 8.35. The second-order valence-electron chi connectivity index (χ2n) is 2.27. The van der Waals surface area contributed by atoms with E-state index in [0.717, 1.165) is 18.2 Å². The molecule has 0 spiro atoms. The van der Waals surface area contributed by atoms with Gasteiger partial charge in [0, 0.05) is 12.2 Å². The molecule has 0 saturated heterocycles.